The van der Waals surface area contributed by atoms with E-state index in [-0.39, 0.29) is 0 Å². The van der Waals surface area contributed by atoms with Crippen LogP contribution in [0.3, 0.4) is 0 Å². The molecule has 0 atom stereocenters. The Morgan fingerprint density at radius 3 is 2.94 bits per heavy atom. The van der Waals surface area contributed by atoms with E-state index in [0.29, 0.717) is 19.0 Å². The molecule has 4 nitrogen and oxygen atoms in total. The van der Waals surface area contributed by atoms with E-state index in [2.05, 4.69) is 27.0 Å². The van der Waals surface area contributed by atoms with E-state index in [9.17, 15) is 4.79 Å². The number of fused-ring (bicyclic) bond motifs is 1. The number of nitrogens with one attached hydrogen (secondary N) is 1. The Morgan fingerprint density at radius 1 is 1.47 bits per heavy atom. The molecule has 0 unspecified atom stereocenters. The Hall–Kier alpha value is -1.49. The second-order valence-corrected chi connectivity index (χ2v) is 5.23. The van der Waals surface area contributed by atoms with Gasteiger partial charge in [-0.2, -0.15) is 0 Å². The van der Waals surface area contributed by atoms with Crippen LogP contribution in [0.1, 0.15) is 11.5 Å². The fraction of sp³-hybridized carbons (Fsp3) is 0.250. The molecule has 88 valence electrons. The molecule has 1 amide bonds. The Labute approximate surface area is 106 Å². The molecular formula is C12H11BrN2O2. The summed E-state index contributed by atoms with van der Waals surface area (Å²) >= 11 is 3.46. The van der Waals surface area contributed by atoms with Crippen molar-refractivity contribution in [1.82, 2.24) is 9.88 Å². The number of aromatic nitrogens is 1. The molecule has 1 aromatic carbocycles. The molecule has 1 fully saturated rings. The fourth-order valence-corrected chi connectivity index (χ4v) is 2.64. The highest BCUT2D eigenvalue weighted by Gasteiger charge is 2.32. The van der Waals surface area contributed by atoms with E-state index >= 15 is 0 Å². The summed E-state index contributed by atoms with van der Waals surface area (Å²) in [6.07, 6.45) is 1.16. The van der Waals surface area contributed by atoms with Crippen molar-refractivity contribution in [2.45, 2.75) is 5.92 Å². The van der Waals surface area contributed by atoms with Crippen molar-refractivity contribution >= 4 is 32.9 Å². The van der Waals surface area contributed by atoms with E-state index < -0.39 is 6.09 Å². The van der Waals surface area contributed by atoms with E-state index in [0.717, 1.165) is 9.99 Å². The minimum atomic E-state index is -0.831. The highest BCUT2D eigenvalue weighted by Crippen LogP contribution is 2.33. The molecule has 0 spiro atoms. The van der Waals surface area contributed by atoms with Crippen LogP contribution >= 0.6 is 15.9 Å². The molecule has 2 heterocycles. The number of carbonyl (C=O) groups is 1. The molecule has 5 heteroatoms. The highest BCUT2D eigenvalue weighted by molar-refractivity contribution is 9.10. The van der Waals surface area contributed by atoms with Crippen LogP contribution in [0.15, 0.2) is 28.9 Å². The van der Waals surface area contributed by atoms with Crippen LogP contribution in [0.4, 0.5) is 4.79 Å². The first-order chi connectivity index (χ1) is 8.15. The van der Waals surface area contributed by atoms with Crippen LogP contribution in [-0.2, 0) is 0 Å². The van der Waals surface area contributed by atoms with Crippen LogP contribution in [0.5, 0.6) is 0 Å². The lowest BCUT2D eigenvalue weighted by Gasteiger charge is -2.37. The quantitative estimate of drug-likeness (QED) is 0.849. The summed E-state index contributed by atoms with van der Waals surface area (Å²) < 4.78 is 1.04. The van der Waals surface area contributed by atoms with E-state index in [1.807, 2.05) is 18.3 Å². The first-order valence-electron chi connectivity index (χ1n) is 5.39. The summed E-state index contributed by atoms with van der Waals surface area (Å²) in [6.45, 7) is 1.18. The van der Waals surface area contributed by atoms with Gasteiger partial charge < -0.3 is 15.0 Å². The number of amides is 1. The van der Waals surface area contributed by atoms with Crippen LogP contribution in [0.2, 0.25) is 0 Å². The fourth-order valence-electron chi connectivity index (χ4n) is 2.28. The van der Waals surface area contributed by atoms with Crippen molar-refractivity contribution in [1.29, 1.82) is 0 Å². The number of benzene rings is 1. The Bertz CT molecular complexity index is 587. The molecule has 0 bridgehead atoms. The molecule has 0 saturated carbocycles. The topological polar surface area (TPSA) is 56.3 Å². The molecule has 2 N–H and O–H groups in total. The maximum Gasteiger partial charge on any atom is 0.407 e. The van der Waals surface area contributed by atoms with Gasteiger partial charge in [-0.15, -0.1) is 0 Å². The number of rotatable bonds is 1. The molecule has 0 radical (unpaired) electrons. The van der Waals surface area contributed by atoms with Gasteiger partial charge in [0.2, 0.25) is 0 Å². The number of hydrogen-bond donors (Lipinski definition) is 2. The molecule has 0 aliphatic carbocycles. The third kappa shape index (κ3) is 1.70. The van der Waals surface area contributed by atoms with Crippen molar-refractivity contribution in [3.63, 3.8) is 0 Å². The van der Waals surface area contributed by atoms with Gasteiger partial charge in [-0.25, -0.2) is 4.79 Å². The maximum atomic E-state index is 10.7. The second-order valence-electron chi connectivity index (χ2n) is 4.32. The monoisotopic (exact) mass is 294 g/mol. The minimum Gasteiger partial charge on any atom is -0.465 e. The SMILES string of the molecule is O=C(O)N1CC(c2c[nH]c3ccc(Br)cc23)C1. The summed E-state index contributed by atoms with van der Waals surface area (Å²) in [5.41, 5.74) is 2.30. The average molecular weight is 295 g/mol. The van der Waals surface area contributed by atoms with Gasteiger partial charge in [-0.3, -0.25) is 0 Å². The number of aromatic amines is 1. The predicted octanol–water partition coefficient (Wildman–Crippen LogP) is 3.01. The predicted molar refractivity (Wildman–Crippen MR) is 68.3 cm³/mol. The Morgan fingerprint density at radius 2 is 2.24 bits per heavy atom. The van der Waals surface area contributed by atoms with Gasteiger partial charge in [-0.1, -0.05) is 15.9 Å². The summed E-state index contributed by atoms with van der Waals surface area (Å²) in [5, 5.41) is 9.99. The van der Waals surface area contributed by atoms with Crippen LogP contribution in [-0.4, -0.2) is 34.2 Å². The standard InChI is InChI=1S/C12H11BrN2O2/c13-8-1-2-11-9(3-8)10(4-14-11)7-5-15(6-7)12(16)17/h1-4,7,14H,5-6H2,(H,16,17). The first kappa shape index (κ1) is 10.7. The third-order valence-corrected chi connectivity index (χ3v) is 3.76. The van der Waals surface area contributed by atoms with Gasteiger partial charge in [0.1, 0.15) is 0 Å². The molecule has 1 aliphatic rings. The minimum absolute atomic E-state index is 0.314. The van der Waals surface area contributed by atoms with Crippen molar-refractivity contribution in [2.24, 2.45) is 0 Å². The number of H-pyrrole nitrogens is 1. The van der Waals surface area contributed by atoms with Crippen LogP contribution < -0.4 is 0 Å². The number of likely N-dealkylation sites (tertiary alicyclic amines) is 1. The van der Waals surface area contributed by atoms with E-state index in [4.69, 9.17) is 5.11 Å². The zero-order valence-electron chi connectivity index (χ0n) is 8.98. The smallest absolute Gasteiger partial charge is 0.407 e. The normalized spacial score (nSPS) is 16.2. The van der Waals surface area contributed by atoms with Gasteiger partial charge in [0.05, 0.1) is 0 Å². The van der Waals surface area contributed by atoms with Crippen LogP contribution in [0.25, 0.3) is 10.9 Å². The summed E-state index contributed by atoms with van der Waals surface area (Å²) in [7, 11) is 0. The molecular weight excluding hydrogens is 284 g/mol. The molecule has 2 aromatic rings. The summed E-state index contributed by atoms with van der Waals surface area (Å²) in [6, 6.07) is 6.09. The van der Waals surface area contributed by atoms with Gasteiger partial charge in [0, 0.05) is 40.6 Å². The van der Waals surface area contributed by atoms with Crippen molar-refractivity contribution in [3.8, 4) is 0 Å². The number of carboxylic acid groups (broad SMARTS) is 1. The first-order valence-corrected chi connectivity index (χ1v) is 6.19. The zero-order valence-corrected chi connectivity index (χ0v) is 10.6. The summed E-state index contributed by atoms with van der Waals surface area (Å²) in [5.74, 6) is 0.314. The van der Waals surface area contributed by atoms with Gasteiger partial charge in [0.15, 0.2) is 0 Å². The van der Waals surface area contributed by atoms with E-state index in [1.165, 1.54) is 15.8 Å². The lowest BCUT2D eigenvalue weighted by atomic mass is 9.91. The zero-order chi connectivity index (χ0) is 12.0. The number of nitrogens with zero attached hydrogens (tertiary/aromatic N) is 1. The van der Waals surface area contributed by atoms with Crippen LogP contribution in [0, 0.1) is 0 Å². The van der Waals surface area contributed by atoms with Gasteiger partial charge in [-0.05, 0) is 23.8 Å². The molecule has 1 aliphatic heterocycles. The van der Waals surface area contributed by atoms with E-state index in [1.54, 1.807) is 0 Å². The third-order valence-electron chi connectivity index (χ3n) is 3.27. The lowest BCUT2D eigenvalue weighted by Crippen LogP contribution is -2.47. The van der Waals surface area contributed by atoms with Crippen molar-refractivity contribution < 1.29 is 9.90 Å². The highest BCUT2D eigenvalue weighted by atomic mass is 79.9. The average Bonchev–Trinajstić information content (AvgIpc) is 2.59. The van der Waals surface area contributed by atoms with Crippen molar-refractivity contribution in [3.05, 3.63) is 34.4 Å². The largest absolute Gasteiger partial charge is 0.465 e. The number of halogens is 1. The maximum absolute atomic E-state index is 10.7. The van der Waals surface area contributed by atoms with Gasteiger partial charge in [0.25, 0.3) is 0 Å². The summed E-state index contributed by atoms with van der Waals surface area (Å²) in [4.78, 5) is 15.4. The van der Waals surface area contributed by atoms with Crippen molar-refractivity contribution in [2.75, 3.05) is 13.1 Å². The Balaban J connectivity index is 1.92. The molecule has 1 aromatic heterocycles. The number of hydrogen-bond acceptors (Lipinski definition) is 1. The lowest BCUT2D eigenvalue weighted by molar-refractivity contribution is 0.106. The molecule has 1 saturated heterocycles. The molecule has 17 heavy (non-hydrogen) atoms. The second kappa shape index (κ2) is 3.77. The Kier molecular flexibility index (Phi) is 2.36. The van der Waals surface area contributed by atoms with Gasteiger partial charge >= 0.3 is 6.09 Å². The molecule has 3 rings (SSSR count).